The number of nitrogens with one attached hydrogen (secondary N) is 1. The molecule has 0 aromatic rings. The predicted molar refractivity (Wildman–Crippen MR) is 64.1 cm³/mol. The molecule has 2 nitrogen and oxygen atoms in total. The van der Waals surface area contributed by atoms with Crippen molar-refractivity contribution in [3.63, 3.8) is 0 Å². The lowest BCUT2D eigenvalue weighted by Gasteiger charge is -2.24. The van der Waals surface area contributed by atoms with Crippen LogP contribution in [0.2, 0.25) is 0 Å². The first-order chi connectivity index (χ1) is 7.05. The number of alkyl halides is 1. The lowest BCUT2D eigenvalue weighted by molar-refractivity contribution is -0.125. The summed E-state index contributed by atoms with van der Waals surface area (Å²) in [6.07, 6.45) is 5.51. The largest absolute Gasteiger partial charge is 0.355 e. The van der Waals surface area contributed by atoms with Gasteiger partial charge in [-0.25, -0.2) is 0 Å². The molecule has 0 bridgehead atoms. The quantitative estimate of drug-likeness (QED) is 0.725. The molecule has 0 spiro atoms. The smallest absolute Gasteiger partial charge is 0.223 e. The summed E-state index contributed by atoms with van der Waals surface area (Å²) >= 11 is 5.72. The van der Waals surface area contributed by atoms with Crippen molar-refractivity contribution < 1.29 is 4.79 Å². The standard InChI is InChI=1S/C12H22ClNO/c1-12(2,7-8-13)9-14-11(15)10-5-3-4-6-10/h10H,3-9H2,1-2H3,(H,14,15). The van der Waals surface area contributed by atoms with E-state index in [0.717, 1.165) is 25.8 Å². The normalized spacial score (nSPS) is 18.1. The zero-order valence-electron chi connectivity index (χ0n) is 9.81. The molecule has 0 aromatic carbocycles. The Balaban J connectivity index is 2.26. The van der Waals surface area contributed by atoms with Crippen molar-refractivity contribution in [3.8, 4) is 0 Å². The molecular formula is C12H22ClNO. The highest BCUT2D eigenvalue weighted by atomic mass is 35.5. The van der Waals surface area contributed by atoms with Crippen LogP contribution in [0.25, 0.3) is 0 Å². The van der Waals surface area contributed by atoms with Crippen molar-refractivity contribution in [2.45, 2.75) is 46.0 Å². The topological polar surface area (TPSA) is 29.1 Å². The molecule has 0 aliphatic heterocycles. The molecule has 1 aliphatic rings. The number of rotatable bonds is 5. The van der Waals surface area contributed by atoms with Gasteiger partial charge in [-0.05, 0) is 24.7 Å². The number of halogens is 1. The number of hydrogen-bond donors (Lipinski definition) is 1. The SMILES string of the molecule is CC(C)(CCCl)CNC(=O)C1CCCC1. The summed E-state index contributed by atoms with van der Waals surface area (Å²) in [6, 6.07) is 0. The minimum absolute atomic E-state index is 0.121. The van der Waals surface area contributed by atoms with Gasteiger partial charge in [0.2, 0.25) is 5.91 Å². The molecular weight excluding hydrogens is 210 g/mol. The summed E-state index contributed by atoms with van der Waals surface area (Å²) in [5.74, 6) is 1.18. The van der Waals surface area contributed by atoms with Gasteiger partial charge < -0.3 is 5.32 Å². The van der Waals surface area contributed by atoms with E-state index in [2.05, 4.69) is 19.2 Å². The van der Waals surface area contributed by atoms with Crippen LogP contribution < -0.4 is 5.32 Å². The molecule has 0 radical (unpaired) electrons. The highest BCUT2D eigenvalue weighted by molar-refractivity contribution is 6.17. The molecule has 1 amide bonds. The number of carbonyl (C=O) groups excluding carboxylic acids is 1. The summed E-state index contributed by atoms with van der Waals surface area (Å²) in [4.78, 5) is 11.8. The fourth-order valence-electron chi connectivity index (χ4n) is 2.00. The summed E-state index contributed by atoms with van der Waals surface area (Å²) in [6.45, 7) is 5.03. The zero-order valence-corrected chi connectivity index (χ0v) is 10.6. The van der Waals surface area contributed by atoms with E-state index in [0.29, 0.717) is 5.88 Å². The fourth-order valence-corrected chi connectivity index (χ4v) is 2.51. The van der Waals surface area contributed by atoms with Gasteiger partial charge in [0.25, 0.3) is 0 Å². The van der Waals surface area contributed by atoms with Crippen molar-refractivity contribution in [1.29, 1.82) is 0 Å². The highest BCUT2D eigenvalue weighted by Crippen LogP contribution is 2.25. The van der Waals surface area contributed by atoms with Crippen molar-refractivity contribution >= 4 is 17.5 Å². The molecule has 1 saturated carbocycles. The van der Waals surface area contributed by atoms with Gasteiger partial charge in [-0.3, -0.25) is 4.79 Å². The Morgan fingerprint density at radius 1 is 1.40 bits per heavy atom. The second-order valence-corrected chi connectivity index (χ2v) is 5.68. The van der Waals surface area contributed by atoms with Gasteiger partial charge in [0.05, 0.1) is 0 Å². The van der Waals surface area contributed by atoms with Gasteiger partial charge in [0, 0.05) is 18.3 Å². The van der Waals surface area contributed by atoms with E-state index in [1.165, 1.54) is 12.8 Å². The first-order valence-electron chi connectivity index (χ1n) is 5.89. The summed E-state index contributed by atoms with van der Waals surface area (Å²) < 4.78 is 0. The first kappa shape index (κ1) is 12.8. The molecule has 88 valence electrons. The molecule has 15 heavy (non-hydrogen) atoms. The zero-order chi connectivity index (χ0) is 11.3. The van der Waals surface area contributed by atoms with Crippen LogP contribution in [-0.2, 0) is 4.79 Å². The van der Waals surface area contributed by atoms with Crippen molar-refractivity contribution in [3.05, 3.63) is 0 Å². The molecule has 0 unspecified atom stereocenters. The summed E-state index contributed by atoms with van der Waals surface area (Å²) in [5, 5.41) is 3.05. The van der Waals surface area contributed by atoms with E-state index >= 15 is 0 Å². The van der Waals surface area contributed by atoms with E-state index in [1.54, 1.807) is 0 Å². The van der Waals surface area contributed by atoms with Crippen LogP contribution in [-0.4, -0.2) is 18.3 Å². The van der Waals surface area contributed by atoms with Gasteiger partial charge in [0.1, 0.15) is 0 Å². The lowest BCUT2D eigenvalue weighted by atomic mass is 9.90. The molecule has 1 N–H and O–H groups in total. The average molecular weight is 232 g/mol. The van der Waals surface area contributed by atoms with Crippen LogP contribution in [0, 0.1) is 11.3 Å². The van der Waals surface area contributed by atoms with E-state index < -0.39 is 0 Å². The fraction of sp³-hybridized carbons (Fsp3) is 0.917. The second-order valence-electron chi connectivity index (χ2n) is 5.30. The van der Waals surface area contributed by atoms with E-state index in [-0.39, 0.29) is 17.2 Å². The molecule has 1 fully saturated rings. The Morgan fingerprint density at radius 2 is 2.00 bits per heavy atom. The third kappa shape index (κ3) is 4.42. The van der Waals surface area contributed by atoms with E-state index in [4.69, 9.17) is 11.6 Å². The molecule has 0 heterocycles. The predicted octanol–water partition coefficient (Wildman–Crippen LogP) is 2.95. The molecule has 0 saturated heterocycles. The van der Waals surface area contributed by atoms with Gasteiger partial charge in [-0.1, -0.05) is 26.7 Å². The average Bonchev–Trinajstić information content (AvgIpc) is 2.67. The van der Waals surface area contributed by atoms with Gasteiger partial charge >= 0.3 is 0 Å². The van der Waals surface area contributed by atoms with E-state index in [1.807, 2.05) is 0 Å². The van der Waals surface area contributed by atoms with Crippen LogP contribution in [0.3, 0.4) is 0 Å². The maximum absolute atomic E-state index is 11.8. The Kier molecular flexibility index (Phi) is 4.91. The molecule has 0 aromatic heterocycles. The van der Waals surface area contributed by atoms with Crippen LogP contribution in [0.5, 0.6) is 0 Å². The monoisotopic (exact) mass is 231 g/mol. The first-order valence-corrected chi connectivity index (χ1v) is 6.42. The maximum atomic E-state index is 11.8. The van der Waals surface area contributed by atoms with Crippen LogP contribution >= 0.6 is 11.6 Å². The lowest BCUT2D eigenvalue weighted by Crippen LogP contribution is -2.37. The van der Waals surface area contributed by atoms with Crippen LogP contribution in [0.4, 0.5) is 0 Å². The second kappa shape index (κ2) is 5.74. The summed E-state index contributed by atoms with van der Waals surface area (Å²) in [7, 11) is 0. The van der Waals surface area contributed by atoms with Crippen molar-refractivity contribution in [2.75, 3.05) is 12.4 Å². The third-order valence-electron chi connectivity index (χ3n) is 3.24. The Morgan fingerprint density at radius 3 is 2.53 bits per heavy atom. The number of carbonyl (C=O) groups is 1. The van der Waals surface area contributed by atoms with Crippen LogP contribution in [0.15, 0.2) is 0 Å². The summed E-state index contributed by atoms with van der Waals surface area (Å²) in [5.41, 5.74) is 0.121. The van der Waals surface area contributed by atoms with Gasteiger partial charge in [-0.2, -0.15) is 0 Å². The van der Waals surface area contributed by atoms with Crippen molar-refractivity contribution in [2.24, 2.45) is 11.3 Å². The minimum atomic E-state index is 0.121. The van der Waals surface area contributed by atoms with Gasteiger partial charge in [-0.15, -0.1) is 11.6 Å². The molecule has 1 rings (SSSR count). The highest BCUT2D eigenvalue weighted by Gasteiger charge is 2.24. The molecule has 3 heteroatoms. The van der Waals surface area contributed by atoms with Gasteiger partial charge in [0.15, 0.2) is 0 Å². The Labute approximate surface area is 97.8 Å². The van der Waals surface area contributed by atoms with Crippen molar-refractivity contribution in [1.82, 2.24) is 5.32 Å². The van der Waals surface area contributed by atoms with E-state index in [9.17, 15) is 4.79 Å². The van der Waals surface area contributed by atoms with Crippen LogP contribution in [0.1, 0.15) is 46.0 Å². The maximum Gasteiger partial charge on any atom is 0.223 e. The minimum Gasteiger partial charge on any atom is -0.355 e. The Hall–Kier alpha value is -0.240. The number of amides is 1. The third-order valence-corrected chi connectivity index (χ3v) is 3.43. The number of hydrogen-bond acceptors (Lipinski definition) is 1. The molecule has 1 aliphatic carbocycles. The molecule has 0 atom stereocenters. The Bertz CT molecular complexity index is 210.